The quantitative estimate of drug-likeness (QED) is 0.663. The number of aryl methyl sites for hydroxylation is 2. The summed E-state index contributed by atoms with van der Waals surface area (Å²) in [5.74, 6) is 0. The number of quaternary nitrogens is 1. The summed E-state index contributed by atoms with van der Waals surface area (Å²) in [5.41, 5.74) is 6.33. The number of hydrogen-bond donors (Lipinski definition) is 1. The van der Waals surface area contributed by atoms with Gasteiger partial charge in [-0.3, -0.25) is 4.68 Å². The van der Waals surface area contributed by atoms with Crippen LogP contribution in [0.4, 0.5) is 0 Å². The van der Waals surface area contributed by atoms with Crippen molar-refractivity contribution in [1.82, 2.24) is 9.78 Å². The fourth-order valence-corrected chi connectivity index (χ4v) is 1.18. The molecule has 3 heteroatoms. The van der Waals surface area contributed by atoms with Gasteiger partial charge in [-0.15, -0.1) is 0 Å². The van der Waals surface area contributed by atoms with Crippen LogP contribution in [0.1, 0.15) is 31.1 Å². The normalized spacial score (nSPS) is 13.5. The van der Waals surface area contributed by atoms with Crippen molar-refractivity contribution < 1.29 is 5.73 Å². The monoisotopic (exact) mass is 154 g/mol. The highest BCUT2D eigenvalue weighted by atomic mass is 15.3. The molecule has 0 saturated heterocycles. The van der Waals surface area contributed by atoms with Crippen LogP contribution in [0, 0.1) is 6.92 Å². The number of hydrogen-bond acceptors (Lipinski definition) is 1. The van der Waals surface area contributed by atoms with Crippen molar-refractivity contribution in [2.24, 2.45) is 0 Å². The van der Waals surface area contributed by atoms with Crippen LogP contribution in [0.15, 0.2) is 6.20 Å². The lowest BCUT2D eigenvalue weighted by Crippen LogP contribution is -2.51. The summed E-state index contributed by atoms with van der Waals surface area (Å²) < 4.78 is 1.95. The van der Waals surface area contributed by atoms with Crippen LogP contribution in [0.25, 0.3) is 0 Å². The van der Waals surface area contributed by atoms with E-state index in [1.807, 2.05) is 11.6 Å². The molecule has 3 N–H and O–H groups in total. The Morgan fingerprint density at radius 1 is 1.73 bits per heavy atom. The van der Waals surface area contributed by atoms with Gasteiger partial charge in [-0.2, -0.15) is 5.10 Å². The molecule has 1 aromatic heterocycles. The molecule has 0 bridgehead atoms. The molecule has 62 valence electrons. The van der Waals surface area contributed by atoms with Crippen LogP contribution in [0.3, 0.4) is 0 Å². The van der Waals surface area contributed by atoms with Crippen molar-refractivity contribution in [1.29, 1.82) is 0 Å². The van der Waals surface area contributed by atoms with Gasteiger partial charge in [-0.05, 0) is 20.8 Å². The molecule has 1 aromatic rings. The van der Waals surface area contributed by atoms with Gasteiger partial charge in [0.05, 0.1) is 5.69 Å². The highest BCUT2D eigenvalue weighted by molar-refractivity contribution is 5.17. The molecule has 11 heavy (non-hydrogen) atoms. The topological polar surface area (TPSA) is 45.5 Å². The van der Waals surface area contributed by atoms with Gasteiger partial charge in [-0.25, -0.2) is 0 Å². The van der Waals surface area contributed by atoms with E-state index in [-0.39, 0.29) is 0 Å². The zero-order valence-electron chi connectivity index (χ0n) is 7.46. The van der Waals surface area contributed by atoms with Gasteiger partial charge in [-0.1, -0.05) is 0 Å². The number of rotatable bonds is 2. The molecule has 1 rings (SSSR count). The van der Waals surface area contributed by atoms with Crippen LogP contribution in [-0.4, -0.2) is 9.78 Å². The number of aromatic nitrogens is 2. The molecular formula is C8H16N3+. The minimum absolute atomic E-state index is 0.343. The molecule has 0 radical (unpaired) electrons. The fourth-order valence-electron chi connectivity index (χ4n) is 1.18. The van der Waals surface area contributed by atoms with E-state index in [1.54, 1.807) is 0 Å². The van der Waals surface area contributed by atoms with Gasteiger partial charge in [0.25, 0.3) is 0 Å². The highest BCUT2D eigenvalue weighted by Gasteiger charge is 2.09. The van der Waals surface area contributed by atoms with E-state index in [9.17, 15) is 0 Å². The smallest absolute Gasteiger partial charge is 0.110 e. The second kappa shape index (κ2) is 3.05. The second-order valence-corrected chi connectivity index (χ2v) is 2.93. The van der Waals surface area contributed by atoms with Crippen molar-refractivity contribution in [3.8, 4) is 0 Å². The first-order chi connectivity index (χ1) is 5.15. The first-order valence-corrected chi connectivity index (χ1v) is 4.02. The maximum absolute atomic E-state index is 4.33. The molecule has 3 nitrogen and oxygen atoms in total. The molecular weight excluding hydrogens is 138 g/mol. The average Bonchev–Trinajstić information content (AvgIpc) is 2.30. The van der Waals surface area contributed by atoms with Gasteiger partial charge in [0, 0.05) is 18.3 Å². The number of nitrogens with zero attached hydrogens (tertiary/aromatic N) is 2. The van der Waals surface area contributed by atoms with Crippen molar-refractivity contribution >= 4 is 0 Å². The Labute approximate surface area is 67.2 Å². The lowest BCUT2D eigenvalue weighted by Gasteiger charge is -1.96. The predicted molar refractivity (Wildman–Crippen MR) is 43.9 cm³/mol. The molecule has 0 spiro atoms. The third kappa shape index (κ3) is 1.60. The first kappa shape index (κ1) is 8.27. The molecule has 0 aliphatic rings. The molecule has 0 unspecified atom stereocenters. The Bertz CT molecular complexity index is 237. The molecule has 0 aliphatic carbocycles. The summed E-state index contributed by atoms with van der Waals surface area (Å²) in [7, 11) is 0. The van der Waals surface area contributed by atoms with E-state index in [0.717, 1.165) is 12.2 Å². The van der Waals surface area contributed by atoms with Crippen LogP contribution in [0.5, 0.6) is 0 Å². The van der Waals surface area contributed by atoms with Gasteiger partial charge in [0.1, 0.15) is 6.04 Å². The Hall–Kier alpha value is -0.830. The molecule has 0 aromatic carbocycles. The molecule has 1 atom stereocenters. The van der Waals surface area contributed by atoms with Crippen molar-refractivity contribution in [3.63, 3.8) is 0 Å². The summed E-state index contributed by atoms with van der Waals surface area (Å²) in [6.07, 6.45) is 2.08. The molecule has 0 saturated carbocycles. The van der Waals surface area contributed by atoms with Crippen LogP contribution < -0.4 is 5.73 Å². The highest BCUT2D eigenvalue weighted by Crippen LogP contribution is 2.11. The van der Waals surface area contributed by atoms with E-state index in [4.69, 9.17) is 0 Å². The fraction of sp³-hybridized carbons (Fsp3) is 0.625. The minimum atomic E-state index is 0.343. The van der Waals surface area contributed by atoms with E-state index in [2.05, 4.69) is 30.9 Å². The molecule has 0 amide bonds. The lowest BCUT2D eigenvalue weighted by molar-refractivity contribution is -0.420. The Balaban J connectivity index is 2.97. The third-order valence-electron chi connectivity index (χ3n) is 1.84. The third-order valence-corrected chi connectivity index (χ3v) is 1.84. The van der Waals surface area contributed by atoms with Crippen LogP contribution in [0.2, 0.25) is 0 Å². The Morgan fingerprint density at radius 3 is 2.64 bits per heavy atom. The van der Waals surface area contributed by atoms with Gasteiger partial charge < -0.3 is 5.73 Å². The van der Waals surface area contributed by atoms with Crippen LogP contribution in [-0.2, 0) is 6.54 Å². The van der Waals surface area contributed by atoms with E-state index in [1.165, 1.54) is 5.56 Å². The molecule has 0 fully saturated rings. The molecule has 1 heterocycles. The van der Waals surface area contributed by atoms with E-state index >= 15 is 0 Å². The second-order valence-electron chi connectivity index (χ2n) is 2.93. The SMILES string of the molecule is CCn1cc([C@@H](C)[NH3+])c(C)n1. The lowest BCUT2D eigenvalue weighted by atomic mass is 10.1. The predicted octanol–water partition coefficient (Wildman–Crippen LogP) is 0.514. The summed E-state index contributed by atoms with van der Waals surface area (Å²) in [5, 5.41) is 4.33. The standard InChI is InChI=1S/C8H15N3/c1-4-11-5-8(6(2)9)7(3)10-11/h5-6H,4,9H2,1-3H3/p+1/t6-/m1/s1. The van der Waals surface area contributed by atoms with E-state index in [0.29, 0.717) is 6.04 Å². The van der Waals surface area contributed by atoms with Crippen molar-refractivity contribution in [2.45, 2.75) is 33.4 Å². The summed E-state index contributed by atoms with van der Waals surface area (Å²) in [6.45, 7) is 7.14. The van der Waals surface area contributed by atoms with Gasteiger partial charge in [0.15, 0.2) is 0 Å². The summed E-state index contributed by atoms with van der Waals surface area (Å²) in [6, 6.07) is 0.343. The summed E-state index contributed by atoms with van der Waals surface area (Å²) >= 11 is 0. The van der Waals surface area contributed by atoms with Crippen molar-refractivity contribution in [2.75, 3.05) is 0 Å². The Kier molecular flexibility index (Phi) is 2.29. The first-order valence-electron chi connectivity index (χ1n) is 4.02. The maximum Gasteiger partial charge on any atom is 0.110 e. The van der Waals surface area contributed by atoms with Gasteiger partial charge >= 0.3 is 0 Å². The largest absolute Gasteiger partial charge is 0.351 e. The Morgan fingerprint density at radius 2 is 2.36 bits per heavy atom. The minimum Gasteiger partial charge on any atom is -0.351 e. The average molecular weight is 154 g/mol. The zero-order chi connectivity index (χ0) is 8.43. The maximum atomic E-state index is 4.33. The van der Waals surface area contributed by atoms with Crippen LogP contribution >= 0.6 is 0 Å². The van der Waals surface area contributed by atoms with Crippen molar-refractivity contribution in [3.05, 3.63) is 17.5 Å². The van der Waals surface area contributed by atoms with E-state index < -0.39 is 0 Å². The van der Waals surface area contributed by atoms with Gasteiger partial charge in [0.2, 0.25) is 0 Å². The molecule has 0 aliphatic heterocycles. The zero-order valence-corrected chi connectivity index (χ0v) is 7.46. The summed E-state index contributed by atoms with van der Waals surface area (Å²) in [4.78, 5) is 0.